The van der Waals surface area contributed by atoms with Gasteiger partial charge in [0, 0.05) is 32.2 Å². The van der Waals surface area contributed by atoms with Crippen LogP contribution in [0.5, 0.6) is 0 Å². The van der Waals surface area contributed by atoms with Crippen molar-refractivity contribution < 1.29 is 0 Å². The van der Waals surface area contributed by atoms with Gasteiger partial charge in [-0.15, -0.1) is 0 Å². The lowest BCUT2D eigenvalue weighted by Crippen LogP contribution is -2.39. The number of halogens is 1. The molecule has 0 unspecified atom stereocenters. The number of nitrogens with zero attached hydrogens (tertiary/aromatic N) is 1. The molecule has 0 atom stereocenters. The Balaban J connectivity index is 1.60. The lowest BCUT2D eigenvalue weighted by Gasteiger charge is -2.29. The summed E-state index contributed by atoms with van der Waals surface area (Å²) < 4.78 is 0. The Morgan fingerprint density at radius 2 is 1.70 bits per heavy atom. The van der Waals surface area contributed by atoms with Crippen molar-refractivity contribution in [2.75, 3.05) is 27.2 Å². The Hall–Kier alpha value is -1.26. The number of hydrogen-bond acceptors (Lipinski definition) is 2. The van der Waals surface area contributed by atoms with Crippen molar-refractivity contribution >= 4 is 17.6 Å². The number of rotatable bonds is 6. The van der Waals surface area contributed by atoms with Gasteiger partial charge in [0.1, 0.15) is 0 Å². The Labute approximate surface area is 145 Å². The molecule has 23 heavy (non-hydrogen) atoms. The van der Waals surface area contributed by atoms with Crippen LogP contribution in [0.4, 0.5) is 0 Å². The minimum atomic E-state index is 0.771. The van der Waals surface area contributed by atoms with Gasteiger partial charge in [0.05, 0.1) is 0 Å². The van der Waals surface area contributed by atoms with Gasteiger partial charge in [-0.3, -0.25) is 4.99 Å². The van der Waals surface area contributed by atoms with Crippen LogP contribution in [0.3, 0.4) is 0 Å². The highest BCUT2D eigenvalue weighted by Crippen LogP contribution is 2.28. The van der Waals surface area contributed by atoms with Crippen molar-refractivity contribution in [3.05, 3.63) is 34.9 Å². The molecule has 1 fully saturated rings. The third-order valence-electron chi connectivity index (χ3n) is 4.66. The SMILES string of the molecule is CN=C(NC)NCC1CCC(CNCc2ccc(Cl)cc2)CC1. The molecule has 0 spiro atoms. The van der Waals surface area contributed by atoms with Crippen LogP contribution in [0.25, 0.3) is 0 Å². The fourth-order valence-corrected chi connectivity index (χ4v) is 3.31. The molecule has 0 saturated heterocycles. The van der Waals surface area contributed by atoms with Crippen molar-refractivity contribution in [2.24, 2.45) is 16.8 Å². The van der Waals surface area contributed by atoms with Crippen LogP contribution in [0, 0.1) is 11.8 Å². The van der Waals surface area contributed by atoms with Gasteiger partial charge in [0.25, 0.3) is 0 Å². The maximum absolute atomic E-state index is 5.91. The van der Waals surface area contributed by atoms with E-state index in [1.54, 1.807) is 0 Å². The normalized spacial score (nSPS) is 22.0. The number of aliphatic imine (C=N–C) groups is 1. The lowest BCUT2D eigenvalue weighted by atomic mass is 9.82. The summed E-state index contributed by atoms with van der Waals surface area (Å²) in [5.74, 6) is 2.46. The Kier molecular flexibility index (Phi) is 7.69. The molecule has 1 aliphatic rings. The summed E-state index contributed by atoms with van der Waals surface area (Å²) in [7, 11) is 3.71. The predicted molar refractivity (Wildman–Crippen MR) is 99.0 cm³/mol. The zero-order chi connectivity index (χ0) is 16.5. The molecular weight excluding hydrogens is 308 g/mol. The smallest absolute Gasteiger partial charge is 0.190 e. The van der Waals surface area contributed by atoms with E-state index >= 15 is 0 Å². The van der Waals surface area contributed by atoms with E-state index in [0.29, 0.717) is 0 Å². The highest BCUT2D eigenvalue weighted by atomic mass is 35.5. The Morgan fingerprint density at radius 3 is 2.26 bits per heavy atom. The fourth-order valence-electron chi connectivity index (χ4n) is 3.18. The summed E-state index contributed by atoms with van der Waals surface area (Å²) in [6, 6.07) is 8.09. The highest BCUT2D eigenvalue weighted by Gasteiger charge is 2.20. The molecule has 0 bridgehead atoms. The zero-order valence-electron chi connectivity index (χ0n) is 14.2. The molecule has 128 valence electrons. The van der Waals surface area contributed by atoms with E-state index in [9.17, 15) is 0 Å². The maximum atomic E-state index is 5.91. The average Bonchev–Trinajstić information content (AvgIpc) is 2.59. The molecule has 0 aliphatic heterocycles. The van der Waals surface area contributed by atoms with Gasteiger partial charge in [-0.25, -0.2) is 0 Å². The van der Waals surface area contributed by atoms with Gasteiger partial charge >= 0.3 is 0 Å². The molecule has 5 heteroatoms. The van der Waals surface area contributed by atoms with Crippen LogP contribution < -0.4 is 16.0 Å². The van der Waals surface area contributed by atoms with E-state index < -0.39 is 0 Å². The topological polar surface area (TPSA) is 48.5 Å². The van der Waals surface area contributed by atoms with Crippen LogP contribution in [0.2, 0.25) is 5.02 Å². The Morgan fingerprint density at radius 1 is 1.09 bits per heavy atom. The van der Waals surface area contributed by atoms with Crippen molar-refractivity contribution in [1.29, 1.82) is 0 Å². The maximum Gasteiger partial charge on any atom is 0.190 e. The van der Waals surface area contributed by atoms with Crippen LogP contribution in [-0.4, -0.2) is 33.1 Å². The molecule has 0 heterocycles. The van der Waals surface area contributed by atoms with Crippen molar-refractivity contribution in [2.45, 2.75) is 32.2 Å². The molecule has 0 aromatic heterocycles. The van der Waals surface area contributed by atoms with E-state index in [-0.39, 0.29) is 0 Å². The number of benzene rings is 1. The first kappa shape index (κ1) is 18.1. The number of nitrogens with one attached hydrogen (secondary N) is 3. The molecule has 2 rings (SSSR count). The second-order valence-corrected chi connectivity index (χ2v) is 6.78. The minimum Gasteiger partial charge on any atom is -0.359 e. The van der Waals surface area contributed by atoms with Crippen LogP contribution in [0.15, 0.2) is 29.3 Å². The minimum absolute atomic E-state index is 0.771. The van der Waals surface area contributed by atoms with E-state index in [1.807, 2.05) is 26.2 Å². The standard InChI is InChI=1S/C18H29ClN4/c1-20-18(21-2)23-13-16-5-3-14(4-6-16)11-22-12-15-7-9-17(19)10-8-15/h7-10,14,16,22H,3-6,11-13H2,1-2H3,(H2,20,21,23). The van der Waals surface area contributed by atoms with Crippen molar-refractivity contribution in [3.8, 4) is 0 Å². The first-order valence-corrected chi connectivity index (χ1v) is 8.92. The van der Waals surface area contributed by atoms with Crippen LogP contribution in [-0.2, 0) is 6.54 Å². The number of guanidine groups is 1. The lowest BCUT2D eigenvalue weighted by molar-refractivity contribution is 0.267. The van der Waals surface area contributed by atoms with Gasteiger partial charge in [-0.05, 0) is 61.8 Å². The molecular formula is C18H29ClN4. The molecule has 4 nitrogen and oxygen atoms in total. The largest absolute Gasteiger partial charge is 0.359 e. The summed E-state index contributed by atoms with van der Waals surface area (Å²) in [6.07, 6.45) is 5.25. The van der Waals surface area contributed by atoms with Crippen molar-refractivity contribution in [3.63, 3.8) is 0 Å². The third-order valence-corrected chi connectivity index (χ3v) is 4.91. The van der Waals surface area contributed by atoms with E-state index in [2.05, 4.69) is 33.1 Å². The molecule has 1 aromatic carbocycles. The Bertz CT molecular complexity index is 478. The van der Waals surface area contributed by atoms with Crippen LogP contribution in [0.1, 0.15) is 31.2 Å². The summed E-state index contributed by atoms with van der Waals surface area (Å²) in [6.45, 7) is 3.07. The summed E-state index contributed by atoms with van der Waals surface area (Å²) in [4.78, 5) is 4.16. The van der Waals surface area contributed by atoms with Gasteiger partial charge in [-0.2, -0.15) is 0 Å². The van der Waals surface area contributed by atoms with Crippen LogP contribution >= 0.6 is 11.6 Å². The highest BCUT2D eigenvalue weighted by molar-refractivity contribution is 6.30. The van der Waals surface area contributed by atoms with E-state index in [1.165, 1.54) is 31.2 Å². The van der Waals surface area contributed by atoms with Crippen molar-refractivity contribution in [1.82, 2.24) is 16.0 Å². The average molecular weight is 337 g/mol. The molecule has 0 radical (unpaired) electrons. The second-order valence-electron chi connectivity index (χ2n) is 6.35. The molecule has 3 N–H and O–H groups in total. The van der Waals surface area contributed by atoms with Gasteiger partial charge < -0.3 is 16.0 Å². The first-order valence-electron chi connectivity index (χ1n) is 8.54. The molecule has 1 aliphatic carbocycles. The molecule has 0 amide bonds. The second kappa shape index (κ2) is 9.78. The quantitative estimate of drug-likeness (QED) is 0.553. The molecule has 1 saturated carbocycles. The molecule has 1 aromatic rings. The monoisotopic (exact) mass is 336 g/mol. The summed E-state index contributed by atoms with van der Waals surface area (Å²) in [5, 5.41) is 10.8. The predicted octanol–water partition coefficient (Wildman–Crippen LogP) is 3.03. The zero-order valence-corrected chi connectivity index (χ0v) is 15.0. The summed E-state index contributed by atoms with van der Waals surface area (Å²) in [5.41, 5.74) is 1.30. The van der Waals surface area contributed by atoms with Gasteiger partial charge in [0.2, 0.25) is 0 Å². The fraction of sp³-hybridized carbons (Fsp3) is 0.611. The van der Waals surface area contributed by atoms with Gasteiger partial charge in [-0.1, -0.05) is 23.7 Å². The first-order chi connectivity index (χ1) is 11.2. The summed E-state index contributed by atoms with van der Waals surface area (Å²) >= 11 is 5.91. The van der Waals surface area contributed by atoms with E-state index in [4.69, 9.17) is 11.6 Å². The third kappa shape index (κ3) is 6.40. The number of hydrogen-bond donors (Lipinski definition) is 3. The van der Waals surface area contributed by atoms with Gasteiger partial charge in [0.15, 0.2) is 5.96 Å². The van der Waals surface area contributed by atoms with E-state index in [0.717, 1.165) is 42.5 Å².